The average molecular weight is 548 g/mol. The van der Waals surface area contributed by atoms with Crippen LogP contribution in [0.5, 0.6) is 0 Å². The molecule has 1 atom stereocenters. The Hall–Kier alpha value is -4.48. The van der Waals surface area contributed by atoms with Crippen LogP contribution >= 0.6 is 0 Å². The molecule has 2 aliphatic rings. The maximum absolute atomic E-state index is 12.4. The number of aliphatic imine (C=N–C) groups is 1. The number of nitrogens with two attached hydrogens (primary N) is 1. The molecule has 1 aromatic heterocycles. The fraction of sp³-hybridized carbons (Fsp3) is 0.333. The third-order valence-electron chi connectivity index (χ3n) is 7.79. The molecule has 0 saturated carbocycles. The molecule has 210 valence electrons. The highest BCUT2D eigenvalue weighted by Gasteiger charge is 2.25. The Morgan fingerprint density at radius 1 is 1.15 bits per heavy atom. The van der Waals surface area contributed by atoms with Crippen molar-refractivity contribution in [2.75, 3.05) is 25.0 Å². The van der Waals surface area contributed by atoms with Crippen LogP contribution in [0, 0.1) is 11.3 Å². The molecule has 41 heavy (non-hydrogen) atoms. The third kappa shape index (κ3) is 6.82. The molecule has 3 aromatic rings. The Morgan fingerprint density at radius 2 is 1.88 bits per heavy atom. The van der Waals surface area contributed by atoms with E-state index in [1.165, 1.54) is 5.56 Å². The van der Waals surface area contributed by atoms with Gasteiger partial charge in [0.15, 0.2) is 0 Å². The summed E-state index contributed by atoms with van der Waals surface area (Å²) < 4.78 is 0. The number of carbonyl (C=O) groups is 1. The van der Waals surface area contributed by atoms with Gasteiger partial charge in [0.2, 0.25) is 5.91 Å². The number of aromatic nitrogens is 1. The van der Waals surface area contributed by atoms with E-state index < -0.39 is 0 Å². The molecule has 8 nitrogen and oxygen atoms in total. The summed E-state index contributed by atoms with van der Waals surface area (Å²) in [5.41, 5.74) is 13.3. The molecule has 0 aliphatic carbocycles. The number of rotatable bonds is 8. The summed E-state index contributed by atoms with van der Waals surface area (Å²) in [5.74, 6) is 0.617. The van der Waals surface area contributed by atoms with Crippen LogP contribution in [0.15, 0.2) is 77.9 Å². The van der Waals surface area contributed by atoms with E-state index in [4.69, 9.17) is 16.0 Å². The van der Waals surface area contributed by atoms with Crippen molar-refractivity contribution < 1.29 is 4.79 Å². The van der Waals surface area contributed by atoms with Gasteiger partial charge >= 0.3 is 0 Å². The minimum absolute atomic E-state index is 0.130. The summed E-state index contributed by atoms with van der Waals surface area (Å²) in [6.07, 6.45) is 6.49. The first-order chi connectivity index (χ1) is 19.9. The van der Waals surface area contributed by atoms with Crippen LogP contribution in [0.3, 0.4) is 0 Å². The van der Waals surface area contributed by atoms with E-state index in [0.717, 1.165) is 66.2 Å². The molecule has 0 spiro atoms. The lowest BCUT2D eigenvalue weighted by atomic mass is 9.95. The Labute approximate surface area is 242 Å². The summed E-state index contributed by atoms with van der Waals surface area (Å²) in [5, 5.41) is 11.8. The van der Waals surface area contributed by atoms with E-state index in [0.29, 0.717) is 18.7 Å². The lowest BCUT2D eigenvalue weighted by Gasteiger charge is -2.30. The molecular formula is C33H37N7O. The van der Waals surface area contributed by atoms with Crippen LogP contribution in [-0.4, -0.2) is 53.8 Å². The van der Waals surface area contributed by atoms with Gasteiger partial charge < -0.3 is 16.0 Å². The van der Waals surface area contributed by atoms with Crippen molar-refractivity contribution in [1.82, 2.24) is 15.2 Å². The minimum atomic E-state index is -0.259. The topological polar surface area (TPSA) is 111 Å². The van der Waals surface area contributed by atoms with E-state index in [-0.39, 0.29) is 18.0 Å². The third-order valence-corrected chi connectivity index (χ3v) is 7.79. The number of nitrogens with zero attached hydrogens (tertiary/aromatic N) is 5. The maximum Gasteiger partial charge on any atom is 0.227 e. The summed E-state index contributed by atoms with van der Waals surface area (Å²) in [6, 6.07) is 23.2. The lowest BCUT2D eigenvalue weighted by molar-refractivity contribution is -0.118. The van der Waals surface area contributed by atoms with Gasteiger partial charge in [-0.25, -0.2) is 4.98 Å². The fourth-order valence-electron chi connectivity index (χ4n) is 5.40. The van der Waals surface area contributed by atoms with Crippen LogP contribution in [0.25, 0.3) is 22.4 Å². The summed E-state index contributed by atoms with van der Waals surface area (Å²) in [4.78, 5) is 26.3. The van der Waals surface area contributed by atoms with Gasteiger partial charge in [0, 0.05) is 56.9 Å². The predicted molar refractivity (Wildman–Crippen MR) is 164 cm³/mol. The molecule has 1 saturated heterocycles. The zero-order valence-corrected chi connectivity index (χ0v) is 23.8. The van der Waals surface area contributed by atoms with E-state index in [9.17, 15) is 4.79 Å². The first-order valence-electron chi connectivity index (χ1n) is 14.2. The second-order valence-corrected chi connectivity index (χ2v) is 10.8. The highest BCUT2D eigenvalue weighted by atomic mass is 16.2. The first-order valence-corrected chi connectivity index (χ1v) is 14.2. The second-order valence-electron chi connectivity index (χ2n) is 10.8. The number of nitrogens with one attached hydrogen (secondary N) is 1. The van der Waals surface area contributed by atoms with Crippen molar-refractivity contribution in [2.24, 2.45) is 10.7 Å². The van der Waals surface area contributed by atoms with E-state index in [1.807, 2.05) is 25.2 Å². The van der Waals surface area contributed by atoms with Crippen molar-refractivity contribution >= 4 is 17.4 Å². The van der Waals surface area contributed by atoms with Crippen LogP contribution in [0.4, 0.5) is 5.69 Å². The molecule has 5 rings (SSSR count). The number of fused-ring (bicyclic) bond motifs is 1. The molecule has 0 bridgehead atoms. The highest BCUT2D eigenvalue weighted by molar-refractivity contribution is 5.97. The quantitative estimate of drug-likeness (QED) is 0.314. The first kappa shape index (κ1) is 28.1. The number of amides is 1. The standard InChI is InChI=1S/C33H37N7O/c1-23(21-34)36-17-14-31(35)37-27-15-18-40(19-16-27)22-24-8-10-26(11-9-24)33-28(25-6-4-3-5-7-25)20-30-29(38-33)12-13-32(41)39(30)2/h3-11,14,17,20,23,27,36H,12-13,15-16,18-19,22H2,1-2H3,(H2,35,37)/b17-14-. The van der Waals surface area contributed by atoms with E-state index in [1.54, 1.807) is 24.1 Å². The number of piperidine rings is 1. The zero-order chi connectivity index (χ0) is 28.8. The molecular weight excluding hydrogens is 510 g/mol. The Balaban J connectivity index is 1.26. The number of aryl methyl sites for hydroxylation is 1. The fourth-order valence-corrected chi connectivity index (χ4v) is 5.40. The smallest absolute Gasteiger partial charge is 0.227 e. The zero-order valence-electron chi connectivity index (χ0n) is 23.8. The van der Waals surface area contributed by atoms with Crippen molar-refractivity contribution in [3.63, 3.8) is 0 Å². The molecule has 3 heterocycles. The van der Waals surface area contributed by atoms with E-state index >= 15 is 0 Å². The minimum Gasteiger partial charge on any atom is -0.384 e. The number of likely N-dealkylation sites (tertiary alicyclic amines) is 1. The Morgan fingerprint density at radius 3 is 2.59 bits per heavy atom. The highest BCUT2D eigenvalue weighted by Crippen LogP contribution is 2.37. The molecule has 1 amide bonds. The molecule has 8 heteroatoms. The molecule has 1 fully saturated rings. The van der Waals surface area contributed by atoms with Gasteiger partial charge in [-0.05, 0) is 43.0 Å². The number of hydrogen-bond donors (Lipinski definition) is 2. The van der Waals surface area contributed by atoms with Crippen LogP contribution in [0.1, 0.15) is 37.4 Å². The SMILES string of the molecule is CC(C#N)N/C=C\C(N)=NC1CCN(Cc2ccc(-c3nc4c(cc3-c3ccccc3)N(C)C(=O)CC4)cc2)CC1. The number of benzene rings is 2. The molecule has 0 radical (unpaired) electrons. The normalized spacial score (nSPS) is 17.3. The van der Waals surface area contributed by atoms with Gasteiger partial charge in [0.25, 0.3) is 0 Å². The summed E-state index contributed by atoms with van der Waals surface area (Å²) in [7, 11) is 1.84. The Bertz CT molecular complexity index is 1470. The van der Waals surface area contributed by atoms with E-state index in [2.05, 4.69) is 63.7 Å². The van der Waals surface area contributed by atoms with Crippen LogP contribution in [0.2, 0.25) is 0 Å². The largest absolute Gasteiger partial charge is 0.384 e. The molecule has 1 unspecified atom stereocenters. The van der Waals surface area contributed by atoms with Gasteiger partial charge in [-0.2, -0.15) is 5.26 Å². The van der Waals surface area contributed by atoms with Crippen LogP contribution < -0.4 is 16.0 Å². The maximum atomic E-state index is 12.4. The predicted octanol–water partition coefficient (Wildman–Crippen LogP) is 4.66. The molecule has 2 aromatic carbocycles. The van der Waals surface area contributed by atoms with Crippen molar-refractivity contribution in [1.29, 1.82) is 5.26 Å². The number of pyridine rings is 1. The van der Waals surface area contributed by atoms with Crippen LogP contribution in [-0.2, 0) is 17.8 Å². The number of anilines is 1. The second kappa shape index (κ2) is 12.8. The average Bonchev–Trinajstić information content (AvgIpc) is 3.00. The number of hydrogen-bond acceptors (Lipinski definition) is 6. The van der Waals surface area contributed by atoms with Crippen molar-refractivity contribution in [2.45, 2.75) is 51.2 Å². The van der Waals surface area contributed by atoms with Gasteiger partial charge in [-0.1, -0.05) is 54.6 Å². The number of nitriles is 1. The number of carbonyl (C=O) groups excluding carboxylic acids is 1. The summed E-state index contributed by atoms with van der Waals surface area (Å²) >= 11 is 0. The van der Waals surface area contributed by atoms with Crippen molar-refractivity contribution in [3.05, 3.63) is 84.2 Å². The molecule has 2 aliphatic heterocycles. The van der Waals surface area contributed by atoms with Gasteiger partial charge in [0.05, 0.1) is 29.2 Å². The Kier molecular flexibility index (Phi) is 8.76. The van der Waals surface area contributed by atoms with Crippen molar-refractivity contribution in [3.8, 4) is 28.5 Å². The van der Waals surface area contributed by atoms with Gasteiger partial charge in [-0.3, -0.25) is 14.7 Å². The summed E-state index contributed by atoms with van der Waals surface area (Å²) in [6.45, 7) is 4.61. The van der Waals surface area contributed by atoms with Gasteiger partial charge in [-0.15, -0.1) is 0 Å². The number of amidine groups is 1. The monoisotopic (exact) mass is 547 g/mol. The lowest BCUT2D eigenvalue weighted by Crippen LogP contribution is -2.35. The molecule has 3 N–H and O–H groups in total. The van der Waals surface area contributed by atoms with Gasteiger partial charge in [0.1, 0.15) is 11.9 Å².